The van der Waals surface area contributed by atoms with E-state index in [4.69, 9.17) is 0 Å². The lowest BCUT2D eigenvalue weighted by Crippen LogP contribution is -2.19. The normalized spacial score (nSPS) is 37.2. The Labute approximate surface area is 76.2 Å². The van der Waals surface area contributed by atoms with E-state index in [1.165, 1.54) is 12.8 Å². The van der Waals surface area contributed by atoms with Crippen LogP contribution in [0.5, 0.6) is 0 Å². The number of aliphatic hydroxyl groups is 1. The van der Waals surface area contributed by atoms with Crippen LogP contribution in [-0.2, 0) is 0 Å². The van der Waals surface area contributed by atoms with Gasteiger partial charge in [-0.1, -0.05) is 27.7 Å². The van der Waals surface area contributed by atoms with Crippen molar-refractivity contribution < 1.29 is 5.11 Å². The minimum Gasteiger partial charge on any atom is -0.393 e. The number of hydrogen-bond acceptors (Lipinski definition) is 1. The summed E-state index contributed by atoms with van der Waals surface area (Å²) in [6.07, 6.45) is 3.37. The average molecular weight is 170 g/mol. The van der Waals surface area contributed by atoms with Gasteiger partial charge in [0.15, 0.2) is 0 Å². The highest BCUT2D eigenvalue weighted by molar-refractivity contribution is 4.83. The quantitative estimate of drug-likeness (QED) is 0.641. The maximum absolute atomic E-state index is 9.72. The van der Waals surface area contributed by atoms with Crippen LogP contribution in [0.3, 0.4) is 0 Å². The molecular formula is C11H22O. The van der Waals surface area contributed by atoms with Crippen molar-refractivity contribution >= 4 is 0 Å². The highest BCUT2D eigenvalue weighted by Crippen LogP contribution is 2.38. The lowest BCUT2D eigenvalue weighted by molar-refractivity contribution is 0.105. The SMILES string of the molecule is C[C@H]1C[C@@H](CC(C)(C)C)[C@H](O)C1. The van der Waals surface area contributed by atoms with Crippen molar-refractivity contribution in [3.63, 3.8) is 0 Å². The minimum atomic E-state index is -0.0285. The summed E-state index contributed by atoms with van der Waals surface area (Å²) in [4.78, 5) is 0. The molecule has 1 aliphatic carbocycles. The molecule has 0 aromatic heterocycles. The molecule has 0 bridgehead atoms. The van der Waals surface area contributed by atoms with Gasteiger partial charge in [-0.05, 0) is 36.5 Å². The van der Waals surface area contributed by atoms with E-state index >= 15 is 0 Å². The topological polar surface area (TPSA) is 20.2 Å². The van der Waals surface area contributed by atoms with Crippen molar-refractivity contribution in [1.29, 1.82) is 0 Å². The smallest absolute Gasteiger partial charge is 0.0571 e. The molecule has 72 valence electrons. The molecule has 0 aliphatic heterocycles. The molecule has 0 radical (unpaired) electrons. The van der Waals surface area contributed by atoms with Crippen molar-refractivity contribution in [2.75, 3.05) is 0 Å². The van der Waals surface area contributed by atoms with Crippen LogP contribution in [0.4, 0.5) is 0 Å². The van der Waals surface area contributed by atoms with Crippen molar-refractivity contribution in [3.8, 4) is 0 Å². The fourth-order valence-electron chi connectivity index (χ4n) is 2.38. The summed E-state index contributed by atoms with van der Waals surface area (Å²) in [5.41, 5.74) is 0.371. The van der Waals surface area contributed by atoms with E-state index in [2.05, 4.69) is 27.7 Å². The van der Waals surface area contributed by atoms with Gasteiger partial charge in [-0.25, -0.2) is 0 Å². The van der Waals surface area contributed by atoms with Gasteiger partial charge in [0.1, 0.15) is 0 Å². The molecule has 0 aromatic carbocycles. The molecule has 0 heterocycles. The van der Waals surface area contributed by atoms with Gasteiger partial charge in [0.2, 0.25) is 0 Å². The van der Waals surface area contributed by atoms with E-state index in [0.717, 1.165) is 12.3 Å². The third-order valence-corrected chi connectivity index (χ3v) is 2.77. The first-order valence-electron chi connectivity index (χ1n) is 5.06. The van der Waals surface area contributed by atoms with Crippen LogP contribution in [0, 0.1) is 17.3 Å². The van der Waals surface area contributed by atoms with Crippen LogP contribution in [0.1, 0.15) is 47.0 Å². The van der Waals surface area contributed by atoms with E-state index in [0.29, 0.717) is 11.3 Å². The van der Waals surface area contributed by atoms with Gasteiger partial charge >= 0.3 is 0 Å². The van der Waals surface area contributed by atoms with Crippen LogP contribution in [0.15, 0.2) is 0 Å². The lowest BCUT2D eigenvalue weighted by atomic mass is 9.83. The molecule has 1 nitrogen and oxygen atoms in total. The van der Waals surface area contributed by atoms with Gasteiger partial charge in [-0.3, -0.25) is 0 Å². The van der Waals surface area contributed by atoms with Gasteiger partial charge in [0, 0.05) is 0 Å². The summed E-state index contributed by atoms with van der Waals surface area (Å²) >= 11 is 0. The molecule has 1 saturated carbocycles. The van der Waals surface area contributed by atoms with Gasteiger partial charge in [0.25, 0.3) is 0 Å². The molecule has 1 rings (SSSR count). The molecule has 0 spiro atoms. The minimum absolute atomic E-state index is 0.0285. The standard InChI is InChI=1S/C11H22O/c1-8-5-9(10(12)6-8)7-11(2,3)4/h8-10,12H,5-7H2,1-4H3/t8-,9-,10+/m0/s1. The fourth-order valence-corrected chi connectivity index (χ4v) is 2.38. The summed E-state index contributed by atoms with van der Waals surface area (Å²) < 4.78 is 0. The van der Waals surface area contributed by atoms with Crippen molar-refractivity contribution in [2.45, 2.75) is 53.1 Å². The summed E-state index contributed by atoms with van der Waals surface area (Å²) in [5.74, 6) is 1.28. The summed E-state index contributed by atoms with van der Waals surface area (Å²) in [6.45, 7) is 9.00. The zero-order valence-electron chi connectivity index (χ0n) is 8.80. The molecule has 1 heteroatoms. The van der Waals surface area contributed by atoms with E-state index in [1.807, 2.05) is 0 Å². The monoisotopic (exact) mass is 170 g/mol. The Morgan fingerprint density at radius 2 is 1.83 bits per heavy atom. The van der Waals surface area contributed by atoms with E-state index < -0.39 is 0 Å². The van der Waals surface area contributed by atoms with Gasteiger partial charge in [-0.15, -0.1) is 0 Å². The van der Waals surface area contributed by atoms with Gasteiger partial charge in [0.05, 0.1) is 6.10 Å². The second-order valence-corrected chi connectivity index (χ2v) is 5.67. The molecule has 1 fully saturated rings. The largest absolute Gasteiger partial charge is 0.393 e. The van der Waals surface area contributed by atoms with Crippen LogP contribution in [0.2, 0.25) is 0 Å². The lowest BCUT2D eigenvalue weighted by Gasteiger charge is -2.24. The Morgan fingerprint density at radius 3 is 2.17 bits per heavy atom. The number of aliphatic hydroxyl groups excluding tert-OH is 1. The average Bonchev–Trinajstić information content (AvgIpc) is 2.06. The molecule has 1 aliphatic rings. The van der Waals surface area contributed by atoms with Crippen molar-refractivity contribution in [2.24, 2.45) is 17.3 Å². The Hall–Kier alpha value is -0.0400. The van der Waals surface area contributed by atoms with Crippen LogP contribution < -0.4 is 0 Å². The second kappa shape index (κ2) is 3.37. The predicted molar refractivity (Wildman–Crippen MR) is 52.0 cm³/mol. The molecule has 12 heavy (non-hydrogen) atoms. The van der Waals surface area contributed by atoms with E-state index in [9.17, 15) is 5.11 Å². The number of rotatable bonds is 1. The first-order valence-corrected chi connectivity index (χ1v) is 5.06. The van der Waals surface area contributed by atoms with Crippen LogP contribution in [0.25, 0.3) is 0 Å². The van der Waals surface area contributed by atoms with Crippen LogP contribution in [-0.4, -0.2) is 11.2 Å². The third kappa shape index (κ3) is 2.78. The van der Waals surface area contributed by atoms with E-state index in [1.54, 1.807) is 0 Å². The first kappa shape index (κ1) is 10.0. The fraction of sp³-hybridized carbons (Fsp3) is 1.00. The van der Waals surface area contributed by atoms with Gasteiger partial charge < -0.3 is 5.11 Å². The first-order chi connectivity index (χ1) is 5.38. The molecule has 0 saturated heterocycles. The Balaban J connectivity index is 2.43. The second-order valence-electron chi connectivity index (χ2n) is 5.67. The Kier molecular flexibility index (Phi) is 2.82. The zero-order chi connectivity index (χ0) is 9.35. The molecule has 0 aromatic rings. The molecule has 1 N–H and O–H groups in total. The van der Waals surface area contributed by atoms with Crippen molar-refractivity contribution in [3.05, 3.63) is 0 Å². The summed E-state index contributed by atoms with van der Waals surface area (Å²) in [6, 6.07) is 0. The third-order valence-electron chi connectivity index (χ3n) is 2.77. The molecular weight excluding hydrogens is 148 g/mol. The highest BCUT2D eigenvalue weighted by atomic mass is 16.3. The summed E-state index contributed by atoms with van der Waals surface area (Å²) in [5, 5.41) is 9.72. The Bertz CT molecular complexity index is 146. The highest BCUT2D eigenvalue weighted by Gasteiger charge is 2.32. The molecule has 3 atom stereocenters. The zero-order valence-corrected chi connectivity index (χ0v) is 8.80. The van der Waals surface area contributed by atoms with E-state index in [-0.39, 0.29) is 6.10 Å². The maximum atomic E-state index is 9.72. The van der Waals surface area contributed by atoms with Crippen LogP contribution >= 0.6 is 0 Å². The Morgan fingerprint density at radius 1 is 1.25 bits per heavy atom. The van der Waals surface area contributed by atoms with Crippen molar-refractivity contribution in [1.82, 2.24) is 0 Å². The molecule has 0 unspecified atom stereocenters. The maximum Gasteiger partial charge on any atom is 0.0571 e. The predicted octanol–water partition coefficient (Wildman–Crippen LogP) is 2.83. The number of hydrogen-bond donors (Lipinski definition) is 1. The summed E-state index contributed by atoms with van der Waals surface area (Å²) in [7, 11) is 0. The van der Waals surface area contributed by atoms with Gasteiger partial charge in [-0.2, -0.15) is 0 Å². The molecule has 0 amide bonds.